The van der Waals surface area contributed by atoms with E-state index in [0.29, 0.717) is 12.4 Å². The summed E-state index contributed by atoms with van der Waals surface area (Å²) >= 11 is 1.64. The largest absolute Gasteiger partial charge is 0.326 e. The highest BCUT2D eigenvalue weighted by Crippen LogP contribution is 2.39. The van der Waals surface area contributed by atoms with Gasteiger partial charge in [0.1, 0.15) is 6.33 Å². The van der Waals surface area contributed by atoms with Gasteiger partial charge in [0, 0.05) is 11.4 Å². The lowest BCUT2D eigenvalue weighted by Gasteiger charge is -2.02. The summed E-state index contributed by atoms with van der Waals surface area (Å²) in [5, 5.41) is 0. The Kier molecular flexibility index (Phi) is 3.35. The first kappa shape index (κ1) is 13.0. The van der Waals surface area contributed by atoms with Crippen molar-refractivity contribution in [3.05, 3.63) is 41.7 Å². The number of hydrazine groups is 1. The van der Waals surface area contributed by atoms with Crippen LogP contribution in [0.1, 0.15) is 11.1 Å². The highest BCUT2D eigenvalue weighted by molar-refractivity contribution is 7.23. The van der Waals surface area contributed by atoms with Crippen LogP contribution in [0.15, 0.2) is 30.6 Å². The van der Waals surface area contributed by atoms with Gasteiger partial charge < -0.3 is 11.2 Å². The third-order valence-corrected chi connectivity index (χ3v) is 4.60. The molecule has 3 aromatic rings. The maximum absolute atomic E-state index is 5.71. The standard InChI is InChI=1S/C14H15N5S/c1-8-11-13(14(19-16)18-7-17-11)20-12(8)10-4-2-3-9(5-10)6-15/h2-5,7H,6,15-16H2,1H3,(H,17,18,19). The number of nitrogen functional groups attached to an aromatic ring is 1. The number of hydrogen-bond acceptors (Lipinski definition) is 6. The van der Waals surface area contributed by atoms with Crippen molar-refractivity contribution in [2.75, 3.05) is 5.43 Å². The highest BCUT2D eigenvalue weighted by atomic mass is 32.1. The molecule has 0 aliphatic rings. The molecule has 2 heterocycles. The number of nitrogens with two attached hydrogens (primary N) is 2. The number of nitrogens with zero attached hydrogens (tertiary/aromatic N) is 2. The van der Waals surface area contributed by atoms with Gasteiger partial charge in [-0.25, -0.2) is 15.8 Å². The lowest BCUT2D eigenvalue weighted by Crippen LogP contribution is -2.08. The Labute approximate surface area is 120 Å². The van der Waals surface area contributed by atoms with Gasteiger partial charge in [-0.15, -0.1) is 11.3 Å². The van der Waals surface area contributed by atoms with Crippen LogP contribution in [0.4, 0.5) is 5.82 Å². The molecular weight excluding hydrogens is 270 g/mol. The Morgan fingerprint density at radius 3 is 2.90 bits per heavy atom. The summed E-state index contributed by atoms with van der Waals surface area (Å²) in [6.45, 7) is 2.60. The lowest BCUT2D eigenvalue weighted by atomic mass is 10.1. The Bertz CT molecular complexity index is 765. The van der Waals surface area contributed by atoms with Crippen LogP contribution in [0.3, 0.4) is 0 Å². The van der Waals surface area contributed by atoms with Gasteiger partial charge in [0.2, 0.25) is 0 Å². The molecule has 102 valence electrons. The molecule has 5 N–H and O–H groups in total. The van der Waals surface area contributed by atoms with Crippen LogP contribution in [-0.4, -0.2) is 9.97 Å². The van der Waals surface area contributed by atoms with E-state index in [1.807, 2.05) is 12.1 Å². The quantitative estimate of drug-likeness (QED) is 0.508. The number of anilines is 1. The molecule has 0 bridgehead atoms. The van der Waals surface area contributed by atoms with Crippen molar-refractivity contribution in [2.24, 2.45) is 11.6 Å². The zero-order valence-corrected chi connectivity index (χ0v) is 11.9. The Morgan fingerprint density at radius 2 is 2.15 bits per heavy atom. The van der Waals surface area contributed by atoms with Gasteiger partial charge in [-0.05, 0) is 29.7 Å². The molecular formula is C14H15N5S. The first-order valence-corrected chi connectivity index (χ1v) is 7.06. The Morgan fingerprint density at radius 1 is 1.30 bits per heavy atom. The van der Waals surface area contributed by atoms with Crippen molar-refractivity contribution in [1.82, 2.24) is 9.97 Å². The van der Waals surface area contributed by atoms with E-state index in [4.69, 9.17) is 11.6 Å². The minimum atomic E-state index is 0.535. The number of thiophene rings is 1. The Balaban J connectivity index is 2.23. The average molecular weight is 285 g/mol. The molecule has 20 heavy (non-hydrogen) atoms. The van der Waals surface area contributed by atoms with Crippen LogP contribution < -0.4 is 17.0 Å². The van der Waals surface area contributed by atoms with E-state index in [2.05, 4.69) is 34.5 Å². The molecule has 0 atom stereocenters. The molecule has 0 amide bonds. The van der Waals surface area contributed by atoms with E-state index < -0.39 is 0 Å². The predicted octanol–water partition coefficient (Wildman–Crippen LogP) is 2.41. The number of aryl methyl sites for hydroxylation is 1. The van der Waals surface area contributed by atoms with E-state index in [-0.39, 0.29) is 0 Å². The number of hydrogen-bond donors (Lipinski definition) is 3. The van der Waals surface area contributed by atoms with Crippen molar-refractivity contribution < 1.29 is 0 Å². The molecule has 3 rings (SSSR count). The van der Waals surface area contributed by atoms with E-state index in [1.165, 1.54) is 11.2 Å². The van der Waals surface area contributed by atoms with Gasteiger partial charge >= 0.3 is 0 Å². The molecule has 5 nitrogen and oxygen atoms in total. The third kappa shape index (κ3) is 2.03. The number of fused-ring (bicyclic) bond motifs is 1. The van der Waals surface area contributed by atoms with Crippen molar-refractivity contribution in [3.63, 3.8) is 0 Å². The number of nitrogens with one attached hydrogen (secondary N) is 1. The first-order valence-electron chi connectivity index (χ1n) is 6.24. The molecule has 6 heteroatoms. The fourth-order valence-corrected chi connectivity index (χ4v) is 3.45. The monoisotopic (exact) mass is 285 g/mol. The maximum atomic E-state index is 5.71. The van der Waals surface area contributed by atoms with Gasteiger partial charge in [-0.2, -0.15) is 0 Å². The average Bonchev–Trinajstić information content (AvgIpc) is 2.84. The first-order chi connectivity index (χ1) is 9.74. The summed E-state index contributed by atoms with van der Waals surface area (Å²) in [6.07, 6.45) is 1.53. The fraction of sp³-hybridized carbons (Fsp3) is 0.143. The minimum absolute atomic E-state index is 0.535. The van der Waals surface area contributed by atoms with E-state index in [0.717, 1.165) is 26.9 Å². The van der Waals surface area contributed by atoms with Gasteiger partial charge in [-0.1, -0.05) is 18.2 Å². The van der Waals surface area contributed by atoms with Crippen LogP contribution >= 0.6 is 11.3 Å². The summed E-state index contributed by atoms with van der Waals surface area (Å²) in [7, 11) is 0. The predicted molar refractivity (Wildman–Crippen MR) is 83.3 cm³/mol. The number of rotatable bonds is 3. The maximum Gasteiger partial charge on any atom is 0.161 e. The van der Waals surface area contributed by atoms with Crippen molar-refractivity contribution in [1.29, 1.82) is 0 Å². The summed E-state index contributed by atoms with van der Waals surface area (Å²) in [5.41, 5.74) is 12.7. The molecule has 2 aromatic heterocycles. The number of aromatic nitrogens is 2. The topological polar surface area (TPSA) is 89.8 Å². The van der Waals surface area contributed by atoms with Crippen LogP contribution in [0.25, 0.3) is 20.7 Å². The molecule has 0 unspecified atom stereocenters. The summed E-state index contributed by atoms with van der Waals surface area (Å²) < 4.78 is 0.973. The van der Waals surface area contributed by atoms with Gasteiger partial charge in [0.15, 0.2) is 5.82 Å². The van der Waals surface area contributed by atoms with Crippen LogP contribution in [0, 0.1) is 6.92 Å². The Hall–Kier alpha value is -2.02. The van der Waals surface area contributed by atoms with E-state index in [1.54, 1.807) is 11.3 Å². The zero-order valence-electron chi connectivity index (χ0n) is 11.1. The highest BCUT2D eigenvalue weighted by Gasteiger charge is 2.14. The molecule has 0 fully saturated rings. The van der Waals surface area contributed by atoms with Crippen LogP contribution in [-0.2, 0) is 6.54 Å². The second kappa shape index (κ2) is 5.16. The normalized spacial score (nSPS) is 10.9. The second-order valence-electron chi connectivity index (χ2n) is 4.51. The smallest absolute Gasteiger partial charge is 0.161 e. The van der Waals surface area contributed by atoms with Gasteiger partial charge in [-0.3, -0.25) is 0 Å². The third-order valence-electron chi connectivity index (χ3n) is 3.27. The lowest BCUT2D eigenvalue weighted by molar-refractivity contribution is 1.07. The molecule has 0 saturated carbocycles. The van der Waals surface area contributed by atoms with Crippen molar-refractivity contribution in [3.8, 4) is 10.4 Å². The molecule has 0 aliphatic heterocycles. The van der Waals surface area contributed by atoms with Gasteiger partial charge in [0.05, 0.1) is 10.2 Å². The van der Waals surface area contributed by atoms with Crippen molar-refractivity contribution >= 4 is 27.4 Å². The molecule has 0 spiro atoms. The summed E-state index contributed by atoms with van der Waals surface area (Å²) in [4.78, 5) is 9.68. The second-order valence-corrected chi connectivity index (χ2v) is 5.53. The fourth-order valence-electron chi connectivity index (χ4n) is 2.24. The van der Waals surface area contributed by atoms with E-state index in [9.17, 15) is 0 Å². The van der Waals surface area contributed by atoms with Crippen LogP contribution in [0.2, 0.25) is 0 Å². The summed E-state index contributed by atoms with van der Waals surface area (Å²) in [6, 6.07) is 8.24. The molecule has 0 aliphatic carbocycles. The zero-order chi connectivity index (χ0) is 14.1. The number of benzene rings is 1. The minimum Gasteiger partial charge on any atom is -0.326 e. The summed E-state index contributed by atoms with van der Waals surface area (Å²) in [5.74, 6) is 6.17. The molecule has 1 aromatic carbocycles. The van der Waals surface area contributed by atoms with Crippen LogP contribution in [0.5, 0.6) is 0 Å². The van der Waals surface area contributed by atoms with Gasteiger partial charge in [0.25, 0.3) is 0 Å². The molecule has 0 saturated heterocycles. The molecule has 0 radical (unpaired) electrons. The van der Waals surface area contributed by atoms with Crippen molar-refractivity contribution in [2.45, 2.75) is 13.5 Å². The van der Waals surface area contributed by atoms with E-state index >= 15 is 0 Å². The SMILES string of the molecule is Cc1c(-c2cccc(CN)c2)sc2c(NN)ncnc12.